The first kappa shape index (κ1) is 12.3. The number of hydrogen-bond acceptors (Lipinski definition) is 4. The third-order valence-electron chi connectivity index (χ3n) is 1.95. The summed E-state index contributed by atoms with van der Waals surface area (Å²) in [6, 6.07) is 4.76. The smallest absolute Gasteiger partial charge is 0.320 e. The molecule has 0 aliphatic heterocycles. The van der Waals surface area contributed by atoms with E-state index in [9.17, 15) is 4.39 Å². The third kappa shape index (κ3) is 2.95. The third-order valence-corrected chi connectivity index (χ3v) is 2.78. The van der Waals surface area contributed by atoms with E-state index >= 15 is 0 Å². The first-order valence-electron chi connectivity index (χ1n) is 4.76. The Kier molecular flexibility index (Phi) is 3.63. The summed E-state index contributed by atoms with van der Waals surface area (Å²) in [4.78, 5) is 0. The second-order valence-corrected chi connectivity index (χ2v) is 4.82. The van der Waals surface area contributed by atoms with Crippen molar-refractivity contribution >= 4 is 39.2 Å². The first-order valence-corrected chi connectivity index (χ1v) is 5.99. The lowest BCUT2D eigenvalue weighted by Gasteiger charge is -2.02. The minimum Gasteiger partial charge on any atom is -0.406 e. The highest BCUT2D eigenvalue weighted by atomic mass is 79.9. The molecular formula is C10H8BrClFN3O. The average Bonchev–Trinajstić information content (AvgIpc) is 2.72. The number of aromatic nitrogens is 2. The second-order valence-electron chi connectivity index (χ2n) is 3.32. The van der Waals surface area contributed by atoms with E-state index in [4.69, 9.17) is 16.0 Å². The zero-order valence-electron chi connectivity index (χ0n) is 8.75. The molecular weight excluding hydrogens is 312 g/mol. The Morgan fingerprint density at radius 3 is 2.82 bits per heavy atom. The first-order chi connectivity index (χ1) is 8.06. The van der Waals surface area contributed by atoms with E-state index in [-0.39, 0.29) is 17.2 Å². The van der Waals surface area contributed by atoms with Gasteiger partial charge in [-0.1, -0.05) is 5.10 Å². The lowest BCUT2D eigenvalue weighted by atomic mass is 10.3. The Bertz CT molecular complexity index is 532. The molecule has 7 heteroatoms. The average molecular weight is 321 g/mol. The second kappa shape index (κ2) is 5.01. The van der Waals surface area contributed by atoms with Gasteiger partial charge in [0.05, 0.1) is 4.47 Å². The molecule has 0 amide bonds. The number of alkyl halides is 1. The molecule has 0 saturated heterocycles. The van der Waals surface area contributed by atoms with Crippen molar-refractivity contribution in [3.05, 3.63) is 34.4 Å². The van der Waals surface area contributed by atoms with Gasteiger partial charge in [0.2, 0.25) is 5.89 Å². The summed E-state index contributed by atoms with van der Waals surface area (Å²) in [5.41, 5.74) is 0.517. The van der Waals surface area contributed by atoms with Gasteiger partial charge in [0.25, 0.3) is 0 Å². The topological polar surface area (TPSA) is 51.0 Å². The molecule has 1 heterocycles. The van der Waals surface area contributed by atoms with Crippen LogP contribution in [0.3, 0.4) is 0 Å². The standard InChI is InChI=1S/C10H8BrClFN3O/c1-5(12)9-15-16-10(17-9)14-6-2-3-7(11)8(13)4-6/h2-5H,1H3,(H,14,16). The van der Waals surface area contributed by atoms with Crippen molar-refractivity contribution in [2.75, 3.05) is 5.32 Å². The van der Waals surface area contributed by atoms with Crippen LogP contribution in [0.5, 0.6) is 0 Å². The summed E-state index contributed by atoms with van der Waals surface area (Å²) in [6.07, 6.45) is 0. The van der Waals surface area contributed by atoms with Crippen molar-refractivity contribution in [2.24, 2.45) is 0 Å². The van der Waals surface area contributed by atoms with Gasteiger partial charge in [-0.05, 0) is 41.1 Å². The maximum absolute atomic E-state index is 13.2. The van der Waals surface area contributed by atoms with Crippen molar-refractivity contribution < 1.29 is 8.81 Å². The maximum Gasteiger partial charge on any atom is 0.320 e. The quantitative estimate of drug-likeness (QED) is 0.868. The normalized spacial score (nSPS) is 12.5. The summed E-state index contributed by atoms with van der Waals surface area (Å²) in [5.74, 6) is -0.0628. The van der Waals surface area contributed by atoms with Crippen LogP contribution in [0.15, 0.2) is 27.1 Å². The maximum atomic E-state index is 13.2. The van der Waals surface area contributed by atoms with Gasteiger partial charge in [0.15, 0.2) is 0 Å². The molecule has 0 spiro atoms. The number of rotatable bonds is 3. The van der Waals surface area contributed by atoms with E-state index < -0.39 is 0 Å². The number of nitrogens with zero attached hydrogens (tertiary/aromatic N) is 2. The van der Waals surface area contributed by atoms with Gasteiger partial charge in [-0.2, -0.15) is 0 Å². The molecule has 4 nitrogen and oxygen atoms in total. The molecule has 2 aromatic rings. The number of benzene rings is 1. The minimum absolute atomic E-state index is 0.175. The van der Waals surface area contributed by atoms with Crippen LogP contribution in [0.25, 0.3) is 0 Å². The van der Waals surface area contributed by atoms with E-state index in [1.165, 1.54) is 6.07 Å². The molecule has 0 saturated carbocycles. The summed E-state index contributed by atoms with van der Waals surface area (Å²) in [5, 5.41) is 9.90. The van der Waals surface area contributed by atoms with Crippen molar-refractivity contribution in [3.8, 4) is 0 Å². The van der Waals surface area contributed by atoms with Crippen molar-refractivity contribution in [2.45, 2.75) is 12.3 Å². The molecule has 1 aromatic heterocycles. The molecule has 1 unspecified atom stereocenters. The van der Waals surface area contributed by atoms with Gasteiger partial charge in [-0.15, -0.1) is 16.7 Å². The zero-order valence-corrected chi connectivity index (χ0v) is 11.1. The molecule has 0 aliphatic rings. The fraction of sp³-hybridized carbons (Fsp3) is 0.200. The van der Waals surface area contributed by atoms with Gasteiger partial charge in [-0.3, -0.25) is 0 Å². The van der Waals surface area contributed by atoms with Crippen LogP contribution in [-0.2, 0) is 0 Å². The number of halogens is 3. The summed E-state index contributed by atoms with van der Waals surface area (Å²) < 4.78 is 18.9. The predicted molar refractivity (Wildman–Crippen MR) is 65.9 cm³/mol. The fourth-order valence-corrected chi connectivity index (χ4v) is 1.48. The molecule has 1 N–H and O–H groups in total. The minimum atomic E-state index is -0.375. The van der Waals surface area contributed by atoms with Crippen LogP contribution in [-0.4, -0.2) is 10.2 Å². The fourth-order valence-electron chi connectivity index (χ4n) is 1.14. The molecule has 0 aliphatic carbocycles. The van der Waals surface area contributed by atoms with E-state index in [0.717, 1.165) is 0 Å². The molecule has 0 radical (unpaired) electrons. The summed E-state index contributed by atoms with van der Waals surface area (Å²) in [6.45, 7) is 1.72. The molecule has 1 atom stereocenters. The highest BCUT2D eigenvalue weighted by Gasteiger charge is 2.11. The lowest BCUT2D eigenvalue weighted by molar-refractivity contribution is 0.510. The molecule has 1 aromatic carbocycles. The van der Waals surface area contributed by atoms with E-state index in [1.807, 2.05) is 0 Å². The SMILES string of the molecule is CC(Cl)c1nnc(Nc2ccc(Br)c(F)c2)o1. The Hall–Kier alpha value is -1.14. The number of nitrogens with one attached hydrogen (secondary N) is 1. The Labute approximate surface area is 110 Å². The van der Waals surface area contributed by atoms with Crippen molar-refractivity contribution in [1.82, 2.24) is 10.2 Å². The Balaban J connectivity index is 2.16. The van der Waals surface area contributed by atoms with Crippen molar-refractivity contribution in [1.29, 1.82) is 0 Å². The van der Waals surface area contributed by atoms with E-state index in [2.05, 4.69) is 31.4 Å². The molecule has 0 fully saturated rings. The molecule has 17 heavy (non-hydrogen) atoms. The van der Waals surface area contributed by atoms with Crippen molar-refractivity contribution in [3.63, 3.8) is 0 Å². The Morgan fingerprint density at radius 2 is 2.24 bits per heavy atom. The summed E-state index contributed by atoms with van der Waals surface area (Å²) in [7, 11) is 0. The van der Waals surface area contributed by atoms with Gasteiger partial charge in [0, 0.05) is 5.69 Å². The van der Waals surface area contributed by atoms with Crippen LogP contribution >= 0.6 is 27.5 Å². The molecule has 0 bridgehead atoms. The van der Waals surface area contributed by atoms with Gasteiger partial charge >= 0.3 is 6.01 Å². The Morgan fingerprint density at radius 1 is 1.47 bits per heavy atom. The van der Waals surface area contributed by atoms with Crippen LogP contribution in [0.1, 0.15) is 18.2 Å². The molecule has 2 rings (SSSR count). The number of anilines is 2. The lowest BCUT2D eigenvalue weighted by Crippen LogP contribution is -1.91. The van der Waals surface area contributed by atoms with Crippen LogP contribution in [0, 0.1) is 5.82 Å². The highest BCUT2D eigenvalue weighted by Crippen LogP contribution is 2.24. The van der Waals surface area contributed by atoms with Crippen LogP contribution in [0.4, 0.5) is 16.1 Å². The van der Waals surface area contributed by atoms with E-state index in [1.54, 1.807) is 19.1 Å². The largest absolute Gasteiger partial charge is 0.406 e. The predicted octanol–water partition coefficient (Wildman–Crippen LogP) is 4.01. The monoisotopic (exact) mass is 319 g/mol. The molecule has 90 valence electrons. The van der Waals surface area contributed by atoms with E-state index in [0.29, 0.717) is 16.1 Å². The number of hydrogen-bond donors (Lipinski definition) is 1. The highest BCUT2D eigenvalue weighted by molar-refractivity contribution is 9.10. The summed E-state index contributed by atoms with van der Waals surface area (Å²) >= 11 is 8.84. The van der Waals surface area contributed by atoms with Gasteiger partial charge in [0.1, 0.15) is 11.2 Å². The van der Waals surface area contributed by atoms with Gasteiger partial charge in [-0.25, -0.2) is 4.39 Å². The van der Waals surface area contributed by atoms with Gasteiger partial charge < -0.3 is 9.73 Å². The van der Waals surface area contributed by atoms with Crippen LogP contribution < -0.4 is 5.32 Å². The van der Waals surface area contributed by atoms with Crippen LogP contribution in [0.2, 0.25) is 0 Å². The zero-order chi connectivity index (χ0) is 12.4.